The number of aromatic nitrogens is 1. The van der Waals surface area contributed by atoms with Gasteiger partial charge in [0.15, 0.2) is 0 Å². The molecular formula is C29H29N3O. The molecule has 1 N–H and O–H groups in total. The van der Waals surface area contributed by atoms with Gasteiger partial charge in [-0.05, 0) is 22.8 Å². The molecule has 5 rings (SSSR count). The molecule has 4 aromatic rings. The molecule has 4 nitrogen and oxygen atoms in total. The van der Waals surface area contributed by atoms with Crippen molar-refractivity contribution in [3.63, 3.8) is 0 Å². The predicted molar refractivity (Wildman–Crippen MR) is 133 cm³/mol. The second kappa shape index (κ2) is 10.4. The molecule has 0 amide bonds. The van der Waals surface area contributed by atoms with Crippen LogP contribution >= 0.6 is 0 Å². The Morgan fingerprint density at radius 3 is 2.06 bits per heavy atom. The molecule has 3 aromatic carbocycles. The number of nitrogens with one attached hydrogen (secondary N) is 1. The van der Waals surface area contributed by atoms with Gasteiger partial charge in [-0.3, -0.25) is 4.90 Å². The summed E-state index contributed by atoms with van der Waals surface area (Å²) in [6, 6.07) is 35.9. The molecule has 1 fully saturated rings. The van der Waals surface area contributed by atoms with Crippen LogP contribution < -0.4 is 5.32 Å². The highest BCUT2D eigenvalue weighted by atomic mass is 16.5. The molecule has 33 heavy (non-hydrogen) atoms. The van der Waals surface area contributed by atoms with Crippen LogP contribution in [0.4, 0.5) is 5.82 Å². The van der Waals surface area contributed by atoms with Crippen LogP contribution in [-0.2, 0) is 11.3 Å². The van der Waals surface area contributed by atoms with E-state index in [-0.39, 0.29) is 12.1 Å². The van der Waals surface area contributed by atoms with Gasteiger partial charge in [0.2, 0.25) is 0 Å². The number of hydrogen-bond acceptors (Lipinski definition) is 4. The van der Waals surface area contributed by atoms with Crippen LogP contribution in [0.2, 0.25) is 0 Å². The first-order valence-electron chi connectivity index (χ1n) is 11.6. The standard InChI is InChI=1S/C29H29N3O/c1-4-10-23(11-5-1)21-32-18-19-33-27(22-32)26-16-17-28(30-20-26)31-29(24-12-6-2-7-13-24)25-14-8-3-9-15-25/h1-17,20,27,29H,18-19,21-22H2,(H,30,31). The summed E-state index contributed by atoms with van der Waals surface area (Å²) in [6.07, 6.45) is 1.99. The Hall–Kier alpha value is -3.47. The lowest BCUT2D eigenvalue weighted by Gasteiger charge is -2.33. The van der Waals surface area contributed by atoms with Gasteiger partial charge in [-0.25, -0.2) is 4.98 Å². The minimum Gasteiger partial charge on any atom is -0.371 e. The highest BCUT2D eigenvalue weighted by molar-refractivity contribution is 5.45. The van der Waals surface area contributed by atoms with Gasteiger partial charge >= 0.3 is 0 Å². The molecule has 0 spiro atoms. The molecule has 0 aliphatic carbocycles. The van der Waals surface area contributed by atoms with E-state index in [1.165, 1.54) is 16.7 Å². The molecule has 166 valence electrons. The molecule has 1 unspecified atom stereocenters. The van der Waals surface area contributed by atoms with Crippen molar-refractivity contribution in [3.8, 4) is 0 Å². The number of rotatable bonds is 7. The third kappa shape index (κ3) is 5.48. The smallest absolute Gasteiger partial charge is 0.126 e. The van der Waals surface area contributed by atoms with Crippen molar-refractivity contribution in [2.45, 2.75) is 18.7 Å². The molecule has 1 saturated heterocycles. The monoisotopic (exact) mass is 435 g/mol. The number of morpholine rings is 1. The molecule has 1 aliphatic heterocycles. The zero-order chi connectivity index (χ0) is 22.3. The number of pyridine rings is 1. The Kier molecular flexibility index (Phi) is 6.76. The normalized spacial score (nSPS) is 16.6. The molecule has 0 bridgehead atoms. The molecule has 1 atom stereocenters. The Morgan fingerprint density at radius 2 is 1.45 bits per heavy atom. The van der Waals surface area contributed by atoms with E-state index in [0.29, 0.717) is 0 Å². The largest absolute Gasteiger partial charge is 0.371 e. The van der Waals surface area contributed by atoms with Crippen LogP contribution in [0.3, 0.4) is 0 Å². The van der Waals surface area contributed by atoms with E-state index in [9.17, 15) is 0 Å². The first-order chi connectivity index (χ1) is 16.3. The summed E-state index contributed by atoms with van der Waals surface area (Å²) < 4.78 is 6.09. The fourth-order valence-electron chi connectivity index (χ4n) is 4.37. The van der Waals surface area contributed by atoms with Crippen molar-refractivity contribution in [3.05, 3.63) is 132 Å². The van der Waals surface area contributed by atoms with Gasteiger partial charge in [0.25, 0.3) is 0 Å². The summed E-state index contributed by atoms with van der Waals surface area (Å²) in [7, 11) is 0. The zero-order valence-electron chi connectivity index (χ0n) is 18.7. The summed E-state index contributed by atoms with van der Waals surface area (Å²) in [6.45, 7) is 3.51. The van der Waals surface area contributed by atoms with Gasteiger partial charge in [-0.1, -0.05) is 97.1 Å². The van der Waals surface area contributed by atoms with E-state index in [0.717, 1.165) is 37.6 Å². The molecular weight excluding hydrogens is 406 g/mol. The van der Waals surface area contributed by atoms with Crippen molar-refractivity contribution >= 4 is 5.82 Å². The lowest BCUT2D eigenvalue weighted by atomic mass is 9.99. The summed E-state index contributed by atoms with van der Waals surface area (Å²) in [5.41, 5.74) is 4.88. The van der Waals surface area contributed by atoms with E-state index in [2.05, 4.69) is 101 Å². The third-order valence-electron chi connectivity index (χ3n) is 6.12. The highest BCUT2D eigenvalue weighted by Crippen LogP contribution is 2.28. The maximum Gasteiger partial charge on any atom is 0.126 e. The van der Waals surface area contributed by atoms with Gasteiger partial charge in [0.05, 0.1) is 18.8 Å². The van der Waals surface area contributed by atoms with Crippen molar-refractivity contribution in [1.82, 2.24) is 9.88 Å². The summed E-state index contributed by atoms with van der Waals surface area (Å²) in [5.74, 6) is 0.855. The van der Waals surface area contributed by atoms with E-state index < -0.39 is 0 Å². The molecule has 0 radical (unpaired) electrons. The van der Waals surface area contributed by atoms with E-state index in [1.807, 2.05) is 18.3 Å². The Labute approximate surface area is 195 Å². The van der Waals surface area contributed by atoms with Crippen LogP contribution in [0, 0.1) is 0 Å². The average Bonchev–Trinajstić information content (AvgIpc) is 2.89. The van der Waals surface area contributed by atoms with Crippen LogP contribution in [-0.4, -0.2) is 29.6 Å². The lowest BCUT2D eigenvalue weighted by Crippen LogP contribution is -2.37. The highest BCUT2D eigenvalue weighted by Gasteiger charge is 2.22. The SMILES string of the molecule is c1ccc(CN2CCOC(c3ccc(NC(c4ccccc4)c4ccccc4)nc3)C2)cc1. The number of nitrogens with zero attached hydrogens (tertiary/aromatic N) is 2. The van der Waals surface area contributed by atoms with Gasteiger partial charge < -0.3 is 10.1 Å². The van der Waals surface area contributed by atoms with Gasteiger partial charge in [0, 0.05) is 31.4 Å². The predicted octanol–water partition coefficient (Wildman–Crippen LogP) is 5.86. The molecule has 1 aromatic heterocycles. The fourth-order valence-corrected chi connectivity index (χ4v) is 4.37. The van der Waals surface area contributed by atoms with Crippen molar-refractivity contribution in [2.75, 3.05) is 25.0 Å². The zero-order valence-corrected chi connectivity index (χ0v) is 18.7. The number of ether oxygens (including phenoxy) is 1. The van der Waals surface area contributed by atoms with Crippen LogP contribution in [0.25, 0.3) is 0 Å². The number of benzene rings is 3. The maximum atomic E-state index is 6.09. The Balaban J connectivity index is 1.28. The van der Waals surface area contributed by atoms with Crippen molar-refractivity contribution in [1.29, 1.82) is 0 Å². The van der Waals surface area contributed by atoms with Crippen LogP contribution in [0.5, 0.6) is 0 Å². The minimum absolute atomic E-state index is 0.0399. The first-order valence-corrected chi connectivity index (χ1v) is 11.6. The van der Waals surface area contributed by atoms with E-state index >= 15 is 0 Å². The average molecular weight is 436 g/mol. The maximum absolute atomic E-state index is 6.09. The van der Waals surface area contributed by atoms with Gasteiger partial charge in [-0.15, -0.1) is 0 Å². The number of anilines is 1. The third-order valence-corrected chi connectivity index (χ3v) is 6.12. The van der Waals surface area contributed by atoms with Crippen LogP contribution in [0.15, 0.2) is 109 Å². The Morgan fingerprint density at radius 1 is 0.818 bits per heavy atom. The fraction of sp³-hybridized carbons (Fsp3) is 0.207. The van der Waals surface area contributed by atoms with Crippen molar-refractivity contribution in [2.24, 2.45) is 0 Å². The molecule has 2 heterocycles. The van der Waals surface area contributed by atoms with Crippen molar-refractivity contribution < 1.29 is 4.74 Å². The lowest BCUT2D eigenvalue weighted by molar-refractivity contribution is -0.0330. The molecule has 0 saturated carbocycles. The van der Waals surface area contributed by atoms with Gasteiger partial charge in [0.1, 0.15) is 5.82 Å². The second-order valence-electron chi connectivity index (χ2n) is 8.46. The minimum atomic E-state index is 0.0399. The topological polar surface area (TPSA) is 37.4 Å². The summed E-state index contributed by atoms with van der Waals surface area (Å²) in [5, 5.41) is 3.62. The van der Waals surface area contributed by atoms with E-state index in [1.54, 1.807) is 0 Å². The Bertz CT molecular complexity index is 1080. The summed E-state index contributed by atoms with van der Waals surface area (Å²) in [4.78, 5) is 7.20. The summed E-state index contributed by atoms with van der Waals surface area (Å²) >= 11 is 0. The first kappa shape index (κ1) is 21.4. The quantitative estimate of drug-likeness (QED) is 0.395. The van der Waals surface area contributed by atoms with Gasteiger partial charge in [-0.2, -0.15) is 0 Å². The number of hydrogen-bond donors (Lipinski definition) is 1. The van der Waals surface area contributed by atoms with Crippen LogP contribution in [0.1, 0.15) is 34.4 Å². The molecule has 4 heteroatoms. The van der Waals surface area contributed by atoms with E-state index in [4.69, 9.17) is 9.72 Å². The molecule has 1 aliphatic rings. The second-order valence-corrected chi connectivity index (χ2v) is 8.46.